The van der Waals surface area contributed by atoms with E-state index in [1.54, 1.807) is 19.1 Å². The first-order valence-electron chi connectivity index (χ1n) is 6.58. The van der Waals surface area contributed by atoms with E-state index >= 15 is 0 Å². The minimum atomic E-state index is -0.976. The summed E-state index contributed by atoms with van der Waals surface area (Å²) in [5.74, 6) is 0.246. The van der Waals surface area contributed by atoms with Crippen molar-refractivity contribution in [1.82, 2.24) is 5.32 Å². The Labute approximate surface area is 109 Å². The summed E-state index contributed by atoms with van der Waals surface area (Å²) in [6.07, 6.45) is 1.02. The molecule has 0 heterocycles. The predicted octanol–water partition coefficient (Wildman–Crippen LogP) is 3.06. The lowest BCUT2D eigenvalue weighted by atomic mass is 9.94. The van der Waals surface area contributed by atoms with Gasteiger partial charge < -0.3 is 10.4 Å². The summed E-state index contributed by atoms with van der Waals surface area (Å²) in [6.45, 7) is 8.67. The van der Waals surface area contributed by atoms with Crippen LogP contribution < -0.4 is 5.32 Å². The molecule has 102 valence electrons. The molecule has 0 saturated heterocycles. The lowest BCUT2D eigenvalue weighted by Gasteiger charge is -2.29. The molecule has 2 nitrogen and oxygen atoms in total. The topological polar surface area (TPSA) is 32.3 Å². The minimum Gasteiger partial charge on any atom is -0.384 e. The van der Waals surface area contributed by atoms with Crippen LogP contribution in [0.25, 0.3) is 0 Å². The molecule has 0 radical (unpaired) electrons. The van der Waals surface area contributed by atoms with Gasteiger partial charge in [0.1, 0.15) is 5.82 Å². The fraction of sp³-hybridized carbons (Fsp3) is 0.600. The molecule has 0 saturated carbocycles. The van der Waals surface area contributed by atoms with Gasteiger partial charge in [-0.2, -0.15) is 0 Å². The highest BCUT2D eigenvalue weighted by molar-refractivity contribution is 5.22. The Morgan fingerprint density at radius 1 is 1.28 bits per heavy atom. The van der Waals surface area contributed by atoms with Gasteiger partial charge in [-0.15, -0.1) is 0 Å². The molecule has 2 unspecified atom stereocenters. The molecule has 18 heavy (non-hydrogen) atoms. The van der Waals surface area contributed by atoms with Gasteiger partial charge in [0.05, 0.1) is 5.60 Å². The van der Waals surface area contributed by atoms with Crippen molar-refractivity contribution in [3.8, 4) is 0 Å². The Bertz CT molecular complexity index is 359. The maximum Gasteiger partial charge on any atom is 0.123 e. The first-order valence-corrected chi connectivity index (χ1v) is 6.58. The molecule has 0 aliphatic carbocycles. The largest absolute Gasteiger partial charge is 0.384 e. The van der Waals surface area contributed by atoms with Crippen molar-refractivity contribution in [1.29, 1.82) is 0 Å². The summed E-state index contributed by atoms with van der Waals surface area (Å²) in [4.78, 5) is 0. The van der Waals surface area contributed by atoms with Crippen LogP contribution in [0, 0.1) is 11.7 Å². The molecular weight excluding hydrogens is 229 g/mol. The van der Waals surface area contributed by atoms with Crippen molar-refractivity contribution < 1.29 is 9.50 Å². The summed E-state index contributed by atoms with van der Waals surface area (Å²) in [6, 6.07) is 6.41. The van der Waals surface area contributed by atoms with Gasteiger partial charge >= 0.3 is 0 Å². The average molecular weight is 253 g/mol. The second kappa shape index (κ2) is 6.30. The molecule has 2 atom stereocenters. The Balaban J connectivity index is 2.66. The summed E-state index contributed by atoms with van der Waals surface area (Å²) in [7, 11) is 0. The van der Waals surface area contributed by atoms with Gasteiger partial charge in [-0.25, -0.2) is 4.39 Å². The van der Waals surface area contributed by atoms with Crippen molar-refractivity contribution in [3.63, 3.8) is 0 Å². The Kier molecular flexibility index (Phi) is 5.29. The second-order valence-corrected chi connectivity index (χ2v) is 5.42. The number of rotatable bonds is 6. The van der Waals surface area contributed by atoms with E-state index in [0.29, 0.717) is 18.5 Å². The average Bonchev–Trinajstić information content (AvgIpc) is 2.29. The van der Waals surface area contributed by atoms with Crippen molar-refractivity contribution in [2.75, 3.05) is 6.54 Å². The zero-order valence-corrected chi connectivity index (χ0v) is 11.7. The van der Waals surface area contributed by atoms with Gasteiger partial charge in [0.15, 0.2) is 0 Å². The first kappa shape index (κ1) is 15.1. The van der Waals surface area contributed by atoms with E-state index in [-0.39, 0.29) is 5.82 Å². The summed E-state index contributed by atoms with van der Waals surface area (Å²) >= 11 is 0. The predicted molar refractivity (Wildman–Crippen MR) is 72.9 cm³/mol. The highest BCUT2D eigenvalue weighted by Crippen LogP contribution is 2.20. The molecule has 2 N–H and O–H groups in total. The Morgan fingerprint density at radius 2 is 1.83 bits per heavy atom. The standard InChI is InChI=1S/C15H24FNO/c1-5-14(11(2)3)17-10-15(4,18)12-6-8-13(16)9-7-12/h6-9,11,14,17-18H,5,10H2,1-4H3. The number of hydrogen-bond donors (Lipinski definition) is 2. The number of halogens is 1. The molecule has 1 aromatic rings. The molecular formula is C15H24FNO. The van der Waals surface area contributed by atoms with E-state index in [2.05, 4.69) is 26.1 Å². The fourth-order valence-corrected chi connectivity index (χ4v) is 2.09. The monoisotopic (exact) mass is 253 g/mol. The Hall–Kier alpha value is -0.930. The summed E-state index contributed by atoms with van der Waals surface area (Å²) in [5.41, 5.74) is -0.245. The van der Waals surface area contributed by atoms with Crippen LogP contribution in [-0.2, 0) is 5.60 Å². The van der Waals surface area contributed by atoms with Crippen molar-refractivity contribution in [3.05, 3.63) is 35.6 Å². The molecule has 0 bridgehead atoms. The van der Waals surface area contributed by atoms with Gasteiger partial charge in [0.2, 0.25) is 0 Å². The molecule has 0 aliphatic heterocycles. The molecule has 0 fully saturated rings. The highest BCUT2D eigenvalue weighted by Gasteiger charge is 2.24. The lowest BCUT2D eigenvalue weighted by Crippen LogP contribution is -2.42. The number of benzene rings is 1. The van der Waals surface area contributed by atoms with Crippen LogP contribution in [-0.4, -0.2) is 17.7 Å². The molecule has 3 heteroatoms. The highest BCUT2D eigenvalue weighted by atomic mass is 19.1. The van der Waals surface area contributed by atoms with Crippen LogP contribution in [0.1, 0.15) is 39.7 Å². The van der Waals surface area contributed by atoms with E-state index in [0.717, 1.165) is 12.0 Å². The van der Waals surface area contributed by atoms with E-state index in [9.17, 15) is 9.50 Å². The fourth-order valence-electron chi connectivity index (χ4n) is 2.09. The van der Waals surface area contributed by atoms with Gasteiger partial charge in [-0.3, -0.25) is 0 Å². The molecule has 0 aliphatic rings. The van der Waals surface area contributed by atoms with Crippen LogP contribution in [0.2, 0.25) is 0 Å². The zero-order chi connectivity index (χ0) is 13.8. The minimum absolute atomic E-state index is 0.281. The molecule has 0 spiro atoms. The van der Waals surface area contributed by atoms with Crippen LogP contribution >= 0.6 is 0 Å². The van der Waals surface area contributed by atoms with E-state index in [1.165, 1.54) is 12.1 Å². The maximum atomic E-state index is 12.9. The third-order valence-corrected chi connectivity index (χ3v) is 3.42. The molecule has 1 aromatic carbocycles. The smallest absolute Gasteiger partial charge is 0.123 e. The van der Waals surface area contributed by atoms with Crippen LogP contribution in [0.3, 0.4) is 0 Å². The third kappa shape index (κ3) is 4.07. The number of hydrogen-bond acceptors (Lipinski definition) is 2. The van der Waals surface area contributed by atoms with Gasteiger partial charge in [-0.05, 0) is 37.0 Å². The second-order valence-electron chi connectivity index (χ2n) is 5.42. The van der Waals surface area contributed by atoms with E-state index in [1.807, 2.05) is 0 Å². The number of aliphatic hydroxyl groups is 1. The zero-order valence-electron chi connectivity index (χ0n) is 11.7. The van der Waals surface area contributed by atoms with Crippen LogP contribution in [0.15, 0.2) is 24.3 Å². The lowest BCUT2D eigenvalue weighted by molar-refractivity contribution is 0.0517. The maximum absolute atomic E-state index is 12.9. The van der Waals surface area contributed by atoms with E-state index in [4.69, 9.17) is 0 Å². The molecule has 0 aromatic heterocycles. The summed E-state index contributed by atoms with van der Waals surface area (Å²) < 4.78 is 12.9. The van der Waals surface area contributed by atoms with Crippen molar-refractivity contribution >= 4 is 0 Å². The van der Waals surface area contributed by atoms with Crippen LogP contribution in [0.4, 0.5) is 4.39 Å². The Morgan fingerprint density at radius 3 is 2.28 bits per heavy atom. The first-order chi connectivity index (χ1) is 8.36. The normalized spacial score (nSPS) is 16.6. The van der Waals surface area contributed by atoms with Crippen LogP contribution in [0.5, 0.6) is 0 Å². The van der Waals surface area contributed by atoms with Gasteiger partial charge in [-0.1, -0.05) is 32.9 Å². The van der Waals surface area contributed by atoms with Gasteiger partial charge in [0.25, 0.3) is 0 Å². The third-order valence-electron chi connectivity index (χ3n) is 3.42. The van der Waals surface area contributed by atoms with Crippen molar-refractivity contribution in [2.24, 2.45) is 5.92 Å². The summed E-state index contributed by atoms with van der Waals surface area (Å²) in [5, 5.41) is 13.8. The quantitative estimate of drug-likeness (QED) is 0.816. The molecule has 1 rings (SSSR count). The van der Waals surface area contributed by atoms with E-state index < -0.39 is 5.60 Å². The number of nitrogens with one attached hydrogen (secondary N) is 1. The SMILES string of the molecule is CCC(NCC(C)(O)c1ccc(F)cc1)C(C)C. The van der Waals surface area contributed by atoms with Crippen molar-refractivity contribution in [2.45, 2.75) is 45.8 Å². The molecule has 0 amide bonds. The van der Waals surface area contributed by atoms with Gasteiger partial charge in [0, 0.05) is 12.6 Å².